The third-order valence-electron chi connectivity index (χ3n) is 4.68. The zero-order valence-corrected chi connectivity index (χ0v) is 16.3. The van der Waals surface area contributed by atoms with Crippen LogP contribution in [-0.4, -0.2) is 49.4 Å². The second-order valence-corrected chi connectivity index (χ2v) is 7.02. The van der Waals surface area contributed by atoms with Crippen LogP contribution in [0.4, 0.5) is 5.69 Å². The molecule has 1 aromatic rings. The van der Waals surface area contributed by atoms with E-state index in [0.717, 1.165) is 19.3 Å². The lowest BCUT2D eigenvalue weighted by Crippen LogP contribution is -2.45. The van der Waals surface area contributed by atoms with Crippen LogP contribution in [0.25, 0.3) is 0 Å². The van der Waals surface area contributed by atoms with Crippen LogP contribution in [0.5, 0.6) is 5.75 Å². The van der Waals surface area contributed by atoms with Crippen molar-refractivity contribution in [3.8, 4) is 5.75 Å². The first-order chi connectivity index (χ1) is 12.9. The van der Waals surface area contributed by atoms with Gasteiger partial charge >= 0.3 is 0 Å². The highest BCUT2D eigenvalue weighted by atomic mass is 16.5. The largest absolute Gasteiger partial charge is 0.497 e. The molecule has 7 nitrogen and oxygen atoms in total. The molecule has 0 bridgehead atoms. The Morgan fingerprint density at radius 2 is 1.85 bits per heavy atom. The number of hydrogen-bond donors (Lipinski definition) is 2. The fourth-order valence-electron chi connectivity index (χ4n) is 2.62. The van der Waals surface area contributed by atoms with Crippen molar-refractivity contribution in [2.75, 3.05) is 32.1 Å². The van der Waals surface area contributed by atoms with Gasteiger partial charge in [0.2, 0.25) is 17.7 Å². The molecule has 1 atom stereocenters. The Kier molecular flexibility index (Phi) is 7.64. The predicted molar refractivity (Wildman–Crippen MR) is 103 cm³/mol. The first-order valence-electron chi connectivity index (χ1n) is 9.42. The van der Waals surface area contributed by atoms with Crippen LogP contribution >= 0.6 is 0 Å². The minimum Gasteiger partial charge on any atom is -0.497 e. The topological polar surface area (TPSA) is 87.7 Å². The van der Waals surface area contributed by atoms with Gasteiger partial charge < -0.3 is 20.3 Å². The summed E-state index contributed by atoms with van der Waals surface area (Å²) in [5.41, 5.74) is 0.623. The third-order valence-corrected chi connectivity index (χ3v) is 4.68. The van der Waals surface area contributed by atoms with E-state index >= 15 is 0 Å². The van der Waals surface area contributed by atoms with E-state index in [-0.39, 0.29) is 36.7 Å². The molecule has 2 N–H and O–H groups in total. The van der Waals surface area contributed by atoms with Crippen molar-refractivity contribution >= 4 is 23.4 Å². The van der Waals surface area contributed by atoms with Gasteiger partial charge in [-0.05, 0) is 49.4 Å². The number of carbonyl (C=O) groups is 3. The summed E-state index contributed by atoms with van der Waals surface area (Å²) < 4.78 is 5.06. The van der Waals surface area contributed by atoms with Crippen molar-refractivity contribution in [2.24, 2.45) is 11.8 Å². The molecule has 7 heteroatoms. The van der Waals surface area contributed by atoms with Crippen molar-refractivity contribution in [3.63, 3.8) is 0 Å². The first-order valence-corrected chi connectivity index (χ1v) is 9.42. The van der Waals surface area contributed by atoms with Crippen molar-refractivity contribution in [2.45, 2.75) is 33.1 Å². The number of nitrogens with zero attached hydrogens (tertiary/aromatic N) is 1. The molecule has 3 amide bonds. The summed E-state index contributed by atoms with van der Waals surface area (Å²) >= 11 is 0. The lowest BCUT2D eigenvalue weighted by molar-refractivity contribution is -0.139. The van der Waals surface area contributed by atoms with E-state index in [1.165, 1.54) is 0 Å². The molecule has 27 heavy (non-hydrogen) atoms. The van der Waals surface area contributed by atoms with Gasteiger partial charge in [-0.25, -0.2) is 0 Å². The number of benzene rings is 1. The molecule has 0 saturated heterocycles. The Morgan fingerprint density at radius 3 is 2.41 bits per heavy atom. The Morgan fingerprint density at radius 1 is 1.19 bits per heavy atom. The van der Waals surface area contributed by atoms with E-state index in [1.54, 1.807) is 36.3 Å². The average molecular weight is 375 g/mol. The number of rotatable bonds is 10. The quantitative estimate of drug-likeness (QED) is 0.655. The molecule has 1 saturated carbocycles. The average Bonchev–Trinajstić information content (AvgIpc) is 3.49. The van der Waals surface area contributed by atoms with Gasteiger partial charge in [0.1, 0.15) is 5.75 Å². The standard InChI is InChI=1S/C20H29N3O4/c1-4-14(2)20(26)23(12-15-5-6-15)13-19(25)21-11-18(24)22-16-7-9-17(27-3)10-8-16/h7-10,14-15H,4-6,11-13H2,1-3H3,(H,21,25)(H,22,24)/t14-/m0/s1. The van der Waals surface area contributed by atoms with Gasteiger partial charge in [-0.3, -0.25) is 14.4 Å². The van der Waals surface area contributed by atoms with Crippen molar-refractivity contribution < 1.29 is 19.1 Å². The Balaban J connectivity index is 1.79. The van der Waals surface area contributed by atoms with Gasteiger partial charge in [0.15, 0.2) is 0 Å². The van der Waals surface area contributed by atoms with E-state index in [9.17, 15) is 14.4 Å². The number of ether oxygens (including phenoxy) is 1. The molecule has 0 aromatic heterocycles. The lowest BCUT2D eigenvalue weighted by Gasteiger charge is -2.25. The maximum atomic E-state index is 12.5. The highest BCUT2D eigenvalue weighted by Gasteiger charge is 2.29. The van der Waals surface area contributed by atoms with Crippen LogP contribution < -0.4 is 15.4 Å². The predicted octanol–water partition coefficient (Wildman–Crippen LogP) is 2.03. The molecule has 0 unspecified atom stereocenters. The van der Waals surface area contributed by atoms with Gasteiger partial charge in [-0.1, -0.05) is 13.8 Å². The molecule has 1 aromatic carbocycles. The summed E-state index contributed by atoms with van der Waals surface area (Å²) in [5.74, 6) is 0.456. The van der Waals surface area contributed by atoms with Crippen LogP contribution in [0.1, 0.15) is 33.1 Å². The van der Waals surface area contributed by atoms with Crippen molar-refractivity contribution in [3.05, 3.63) is 24.3 Å². The molecule has 0 radical (unpaired) electrons. The number of hydrogen-bond acceptors (Lipinski definition) is 4. The van der Waals surface area contributed by atoms with E-state index in [1.807, 2.05) is 13.8 Å². The number of nitrogens with one attached hydrogen (secondary N) is 2. The van der Waals surface area contributed by atoms with E-state index in [0.29, 0.717) is 23.9 Å². The summed E-state index contributed by atoms with van der Waals surface area (Å²) in [5, 5.41) is 5.30. The molecule has 1 aliphatic carbocycles. The number of methoxy groups -OCH3 is 1. The van der Waals surface area contributed by atoms with E-state index in [4.69, 9.17) is 4.74 Å². The zero-order chi connectivity index (χ0) is 19.8. The molecule has 0 heterocycles. The highest BCUT2D eigenvalue weighted by molar-refractivity contribution is 5.95. The lowest BCUT2D eigenvalue weighted by atomic mass is 10.1. The van der Waals surface area contributed by atoms with Gasteiger partial charge in [-0.2, -0.15) is 0 Å². The smallest absolute Gasteiger partial charge is 0.243 e. The van der Waals surface area contributed by atoms with E-state index < -0.39 is 0 Å². The van der Waals surface area contributed by atoms with Crippen molar-refractivity contribution in [1.82, 2.24) is 10.2 Å². The van der Waals surface area contributed by atoms with Crippen LogP contribution in [0, 0.1) is 11.8 Å². The summed E-state index contributed by atoms with van der Waals surface area (Å²) in [6, 6.07) is 6.93. The van der Waals surface area contributed by atoms with Gasteiger partial charge in [0.25, 0.3) is 0 Å². The molecular weight excluding hydrogens is 346 g/mol. The monoisotopic (exact) mass is 375 g/mol. The number of carbonyl (C=O) groups excluding carboxylic acids is 3. The summed E-state index contributed by atoms with van der Waals surface area (Å²) in [7, 11) is 1.57. The Labute approximate surface area is 160 Å². The van der Waals surface area contributed by atoms with Gasteiger partial charge in [-0.15, -0.1) is 0 Å². The maximum absolute atomic E-state index is 12.5. The molecule has 0 aliphatic heterocycles. The normalized spacial score (nSPS) is 14.2. The zero-order valence-electron chi connectivity index (χ0n) is 16.3. The third kappa shape index (κ3) is 6.92. The molecule has 2 rings (SSSR count). The first kappa shape index (κ1) is 20.7. The highest BCUT2D eigenvalue weighted by Crippen LogP contribution is 2.30. The molecule has 1 aliphatic rings. The Bertz CT molecular complexity index is 656. The summed E-state index contributed by atoms with van der Waals surface area (Å²) in [4.78, 5) is 38.3. The molecule has 0 spiro atoms. The fraction of sp³-hybridized carbons (Fsp3) is 0.550. The van der Waals surface area contributed by atoms with Crippen LogP contribution in [0.2, 0.25) is 0 Å². The van der Waals surface area contributed by atoms with Crippen LogP contribution in [0.3, 0.4) is 0 Å². The summed E-state index contributed by atoms with van der Waals surface area (Å²) in [6.07, 6.45) is 2.96. The SMILES string of the molecule is CC[C@H](C)C(=O)N(CC(=O)NCC(=O)Nc1ccc(OC)cc1)CC1CC1. The molecular formula is C20H29N3O4. The van der Waals surface area contributed by atoms with Gasteiger partial charge in [0.05, 0.1) is 20.2 Å². The second kappa shape index (κ2) is 9.94. The fourth-order valence-corrected chi connectivity index (χ4v) is 2.62. The van der Waals surface area contributed by atoms with Crippen molar-refractivity contribution in [1.29, 1.82) is 0 Å². The summed E-state index contributed by atoms with van der Waals surface area (Å²) in [6.45, 7) is 4.31. The minimum atomic E-state index is -0.324. The molecule has 1 fully saturated rings. The van der Waals surface area contributed by atoms with Crippen LogP contribution in [-0.2, 0) is 14.4 Å². The maximum Gasteiger partial charge on any atom is 0.243 e. The number of amides is 3. The van der Waals surface area contributed by atoms with Crippen LogP contribution in [0.15, 0.2) is 24.3 Å². The van der Waals surface area contributed by atoms with E-state index in [2.05, 4.69) is 10.6 Å². The molecule has 148 valence electrons. The minimum absolute atomic E-state index is 0.00207. The Hall–Kier alpha value is -2.57. The van der Waals surface area contributed by atoms with Gasteiger partial charge in [0, 0.05) is 18.2 Å². The second-order valence-electron chi connectivity index (χ2n) is 7.02. The number of anilines is 1.